The van der Waals surface area contributed by atoms with E-state index in [0.717, 1.165) is 64.7 Å². The van der Waals surface area contributed by atoms with Crippen molar-refractivity contribution in [3.8, 4) is 11.8 Å². The lowest BCUT2D eigenvalue weighted by Gasteiger charge is -2.34. The van der Waals surface area contributed by atoms with Gasteiger partial charge >= 0.3 is 6.01 Å². The molecule has 2 atom stereocenters. The molecule has 3 aromatic rings. The molecule has 43 heavy (non-hydrogen) atoms. The summed E-state index contributed by atoms with van der Waals surface area (Å²) in [5.41, 5.74) is -0.0880. The summed E-state index contributed by atoms with van der Waals surface area (Å²) in [6, 6.07) is 6.06. The second kappa shape index (κ2) is 11.2. The molecule has 2 aromatic carbocycles. The Morgan fingerprint density at radius 2 is 1.88 bits per heavy atom. The Bertz CT molecular complexity index is 1730. The van der Waals surface area contributed by atoms with Crippen LogP contribution in [0.1, 0.15) is 44.1 Å². The maximum atomic E-state index is 16.1. The van der Waals surface area contributed by atoms with E-state index in [-0.39, 0.29) is 38.3 Å². The molecule has 0 spiro atoms. The summed E-state index contributed by atoms with van der Waals surface area (Å²) in [7, 11) is 0. The van der Waals surface area contributed by atoms with E-state index in [0.29, 0.717) is 40.5 Å². The van der Waals surface area contributed by atoms with Gasteiger partial charge in [0.05, 0.1) is 20.9 Å². The van der Waals surface area contributed by atoms with E-state index in [2.05, 4.69) is 26.7 Å². The zero-order chi connectivity index (χ0) is 29.9. The normalized spacial score (nSPS) is 24.1. The Hall–Kier alpha value is -2.98. The lowest BCUT2D eigenvalue weighted by atomic mass is 9.95. The predicted molar refractivity (Wildman–Crippen MR) is 166 cm³/mol. The standard InChI is InChI=1S/C32H33Cl2F2N5O2/c1-18-23(14-25(33)29(36)24-13-22(42)12-19-4-7-26(35)28(34)27(19)24)30(40-15-20-5-6-21(16-40)38-20)39-31(37-18)43-17-32-8-2-10-41(32)11-3-9-32/h4,7,12-14,20-21,38,42H,1-3,5-6,8-11,15-17H2/b23-14+,29-25+. The molecule has 2 unspecified atom stereocenters. The molecular formula is C32H33Cl2F2N5O2. The highest BCUT2D eigenvalue weighted by Gasteiger charge is 2.45. The minimum Gasteiger partial charge on any atom is -0.508 e. The van der Waals surface area contributed by atoms with Crippen LogP contribution in [-0.4, -0.2) is 70.4 Å². The van der Waals surface area contributed by atoms with Crippen molar-refractivity contribution in [3.05, 3.63) is 56.3 Å². The number of aromatic nitrogens is 2. The number of ether oxygens (including phenoxy) is 1. The van der Waals surface area contributed by atoms with Crippen LogP contribution in [0.5, 0.6) is 11.8 Å². The van der Waals surface area contributed by atoms with Crippen molar-refractivity contribution in [1.82, 2.24) is 20.2 Å². The first-order valence-corrected chi connectivity index (χ1v) is 15.6. The maximum Gasteiger partial charge on any atom is 0.318 e. The van der Waals surface area contributed by atoms with Crippen molar-refractivity contribution in [2.45, 2.75) is 56.1 Å². The van der Waals surface area contributed by atoms with Crippen LogP contribution < -0.4 is 25.5 Å². The second-order valence-electron chi connectivity index (χ2n) is 12.2. The number of anilines is 1. The van der Waals surface area contributed by atoms with Gasteiger partial charge < -0.3 is 20.1 Å². The first-order chi connectivity index (χ1) is 20.7. The van der Waals surface area contributed by atoms with Gasteiger partial charge in [0.2, 0.25) is 0 Å². The fourth-order valence-corrected chi connectivity index (χ4v) is 7.92. The Balaban J connectivity index is 1.31. The molecule has 0 aliphatic carbocycles. The van der Waals surface area contributed by atoms with E-state index in [1.807, 2.05) is 0 Å². The highest BCUT2D eigenvalue weighted by molar-refractivity contribution is 6.38. The van der Waals surface area contributed by atoms with Crippen molar-refractivity contribution >= 4 is 58.3 Å². The molecule has 7 rings (SSSR count). The molecule has 4 aliphatic rings. The minimum atomic E-state index is -0.872. The molecule has 7 nitrogen and oxygen atoms in total. The van der Waals surface area contributed by atoms with Crippen molar-refractivity contribution in [3.63, 3.8) is 0 Å². The number of fused-ring (bicyclic) bond motifs is 4. The topological polar surface area (TPSA) is 73.8 Å². The Labute approximate surface area is 258 Å². The molecule has 5 heterocycles. The summed E-state index contributed by atoms with van der Waals surface area (Å²) >= 11 is 12.9. The highest BCUT2D eigenvalue weighted by Crippen LogP contribution is 2.40. The van der Waals surface area contributed by atoms with Gasteiger partial charge in [-0.25, -0.2) is 8.78 Å². The van der Waals surface area contributed by atoms with Gasteiger partial charge in [-0.15, -0.1) is 0 Å². The molecule has 0 saturated carbocycles. The second-order valence-corrected chi connectivity index (χ2v) is 13.0. The lowest BCUT2D eigenvalue weighted by molar-refractivity contribution is 0.107. The molecule has 0 amide bonds. The third kappa shape index (κ3) is 5.24. The molecule has 2 N–H and O–H groups in total. The molecule has 4 fully saturated rings. The predicted octanol–water partition coefficient (Wildman–Crippen LogP) is 4.84. The van der Waals surface area contributed by atoms with Crippen molar-refractivity contribution in [1.29, 1.82) is 0 Å². The summed E-state index contributed by atoms with van der Waals surface area (Å²) in [5, 5.41) is 14.7. The number of nitrogens with zero attached hydrogens (tertiary/aromatic N) is 4. The van der Waals surface area contributed by atoms with E-state index in [1.165, 1.54) is 30.3 Å². The Kier molecular flexibility index (Phi) is 7.48. The average Bonchev–Trinajstić information content (AvgIpc) is 3.67. The number of nitrogens with one attached hydrogen (secondary N) is 1. The van der Waals surface area contributed by atoms with Crippen LogP contribution in [0.25, 0.3) is 29.3 Å². The Morgan fingerprint density at radius 3 is 2.60 bits per heavy atom. The fourth-order valence-electron chi connectivity index (χ4n) is 7.44. The quantitative estimate of drug-likeness (QED) is 0.405. The van der Waals surface area contributed by atoms with Gasteiger partial charge in [-0.1, -0.05) is 35.8 Å². The van der Waals surface area contributed by atoms with Crippen LogP contribution in [0.4, 0.5) is 14.6 Å². The number of benzene rings is 2. The first kappa shape index (κ1) is 28.8. The number of phenolic OH excluding ortho intramolecular Hbond substituents is 1. The number of phenols is 1. The monoisotopic (exact) mass is 627 g/mol. The SMILES string of the molecule is C=c1nc(OCC23CCCN2CCC3)nc(N2CC3CCC(C2)N3)/c1=C/C(Cl)=C(\F)c1cc(O)cc2ccc(F)c(Cl)c12. The summed E-state index contributed by atoms with van der Waals surface area (Å²) in [4.78, 5) is 14.1. The number of allylic oxidation sites excluding steroid dienone is 1. The summed E-state index contributed by atoms with van der Waals surface area (Å²) in [6.45, 7) is 8.33. The molecule has 226 valence electrons. The lowest BCUT2D eigenvalue weighted by Crippen LogP contribution is -2.53. The number of hydrogen-bond donors (Lipinski definition) is 2. The van der Waals surface area contributed by atoms with Crippen LogP contribution in [0.3, 0.4) is 0 Å². The van der Waals surface area contributed by atoms with Gasteiger partial charge in [0.15, 0.2) is 0 Å². The van der Waals surface area contributed by atoms with Gasteiger partial charge in [-0.2, -0.15) is 9.97 Å². The maximum absolute atomic E-state index is 16.1. The van der Waals surface area contributed by atoms with Crippen LogP contribution in [0.2, 0.25) is 5.02 Å². The third-order valence-corrected chi connectivity index (χ3v) is 10.1. The van der Waals surface area contributed by atoms with Crippen molar-refractivity contribution in [2.24, 2.45) is 0 Å². The van der Waals surface area contributed by atoms with Gasteiger partial charge in [0.25, 0.3) is 0 Å². The van der Waals surface area contributed by atoms with Crippen LogP contribution in [-0.2, 0) is 0 Å². The minimum absolute atomic E-state index is 0.0315. The summed E-state index contributed by atoms with van der Waals surface area (Å²) in [5.74, 6) is -1.20. The third-order valence-electron chi connectivity index (χ3n) is 9.49. The number of hydrogen-bond acceptors (Lipinski definition) is 7. The largest absolute Gasteiger partial charge is 0.508 e. The molecule has 4 aliphatic heterocycles. The molecular weight excluding hydrogens is 595 g/mol. The first-order valence-electron chi connectivity index (χ1n) is 14.8. The zero-order valence-electron chi connectivity index (χ0n) is 23.7. The number of rotatable bonds is 6. The smallest absolute Gasteiger partial charge is 0.318 e. The van der Waals surface area contributed by atoms with Crippen LogP contribution in [0.15, 0.2) is 29.3 Å². The van der Waals surface area contributed by atoms with E-state index in [1.54, 1.807) is 0 Å². The van der Waals surface area contributed by atoms with E-state index < -0.39 is 11.6 Å². The fraction of sp³-hybridized carbons (Fsp3) is 0.438. The van der Waals surface area contributed by atoms with Gasteiger partial charge in [-0.05, 0) is 81.3 Å². The summed E-state index contributed by atoms with van der Waals surface area (Å²) < 4.78 is 36.7. The molecule has 4 saturated heterocycles. The van der Waals surface area contributed by atoms with Gasteiger partial charge in [0.1, 0.15) is 29.8 Å². The Morgan fingerprint density at radius 1 is 1.16 bits per heavy atom. The van der Waals surface area contributed by atoms with Crippen LogP contribution in [0, 0.1) is 5.82 Å². The van der Waals surface area contributed by atoms with Crippen LogP contribution >= 0.6 is 23.2 Å². The molecule has 1 aromatic heterocycles. The number of aromatic hydroxyl groups is 1. The number of piperazine rings is 1. The van der Waals surface area contributed by atoms with Crippen molar-refractivity contribution in [2.75, 3.05) is 37.7 Å². The van der Waals surface area contributed by atoms with E-state index >= 15 is 4.39 Å². The zero-order valence-corrected chi connectivity index (χ0v) is 25.2. The van der Waals surface area contributed by atoms with Gasteiger partial charge in [-0.3, -0.25) is 4.90 Å². The highest BCUT2D eigenvalue weighted by atomic mass is 35.5. The number of halogens is 4. The van der Waals surface area contributed by atoms with Crippen molar-refractivity contribution < 1.29 is 18.6 Å². The van der Waals surface area contributed by atoms with E-state index in [9.17, 15) is 9.50 Å². The molecule has 11 heteroatoms. The molecule has 0 radical (unpaired) electrons. The van der Waals surface area contributed by atoms with Gasteiger partial charge in [0, 0.05) is 41.3 Å². The molecule has 2 bridgehead atoms. The summed E-state index contributed by atoms with van der Waals surface area (Å²) in [6.07, 6.45) is 8.11. The average molecular weight is 629 g/mol. The van der Waals surface area contributed by atoms with E-state index in [4.69, 9.17) is 32.9 Å².